The van der Waals surface area contributed by atoms with Crippen LogP contribution < -0.4 is 11.3 Å². The van der Waals surface area contributed by atoms with E-state index in [0.29, 0.717) is 0 Å². The van der Waals surface area contributed by atoms with Crippen LogP contribution in [0.25, 0.3) is 22.0 Å². The van der Waals surface area contributed by atoms with Crippen LogP contribution in [-0.4, -0.2) is 34.9 Å². The number of aryl methyl sites for hydroxylation is 1. The van der Waals surface area contributed by atoms with Crippen LogP contribution in [0, 0.1) is 6.92 Å². The van der Waals surface area contributed by atoms with E-state index < -0.39 is 5.54 Å². The maximum absolute atomic E-state index is 12.7. The van der Waals surface area contributed by atoms with E-state index in [1.165, 1.54) is 0 Å². The quantitative estimate of drug-likeness (QED) is 0.265. The maximum atomic E-state index is 12.7. The second kappa shape index (κ2) is 9.88. The minimum Gasteiger partial charge on any atom is -0.399 e. The topological polar surface area (TPSA) is 86.8 Å². The molecule has 1 aromatic heterocycles. The van der Waals surface area contributed by atoms with Crippen LogP contribution in [0.3, 0.4) is 0 Å². The zero-order chi connectivity index (χ0) is 27.0. The van der Waals surface area contributed by atoms with Crippen molar-refractivity contribution in [1.29, 1.82) is 0 Å². The molecule has 0 amide bonds. The van der Waals surface area contributed by atoms with Gasteiger partial charge in [-0.1, -0.05) is 48.5 Å². The van der Waals surface area contributed by atoms with Crippen molar-refractivity contribution in [3.8, 4) is 11.1 Å². The van der Waals surface area contributed by atoms with Crippen molar-refractivity contribution in [3.63, 3.8) is 0 Å². The number of aromatic nitrogens is 1. The number of nitrogens with zero attached hydrogens (tertiary/aromatic N) is 3. The summed E-state index contributed by atoms with van der Waals surface area (Å²) in [6, 6.07) is 22.4. The van der Waals surface area contributed by atoms with Gasteiger partial charge in [-0.15, -0.1) is 6.58 Å². The molecular formula is C32H33N5O. The summed E-state index contributed by atoms with van der Waals surface area (Å²) < 4.78 is 0. The van der Waals surface area contributed by atoms with Crippen LogP contribution in [0.5, 0.6) is 0 Å². The second-order valence-electron chi connectivity index (χ2n) is 10.1. The monoisotopic (exact) mass is 503 g/mol. The Bertz CT molecular complexity index is 1660. The summed E-state index contributed by atoms with van der Waals surface area (Å²) in [5, 5.41) is 9.97. The highest BCUT2D eigenvalue weighted by Gasteiger charge is 2.44. The Labute approximate surface area is 223 Å². The summed E-state index contributed by atoms with van der Waals surface area (Å²) in [7, 11) is 2.10. The molecule has 3 aromatic carbocycles. The van der Waals surface area contributed by atoms with Gasteiger partial charge in [0.15, 0.2) is 0 Å². The largest absolute Gasteiger partial charge is 0.399 e. The summed E-state index contributed by atoms with van der Waals surface area (Å²) in [6.45, 7) is 10.0. The minimum absolute atomic E-state index is 0.00962. The Hall–Kier alpha value is -4.29. The third kappa shape index (κ3) is 4.17. The molecule has 1 aliphatic rings. The molecule has 0 radical (unpaired) electrons. The Morgan fingerprint density at radius 2 is 1.84 bits per heavy atom. The highest BCUT2D eigenvalue weighted by molar-refractivity contribution is 6.00. The number of hydrogen-bond donors (Lipinski definition) is 2. The zero-order valence-electron chi connectivity index (χ0n) is 22.3. The highest BCUT2D eigenvalue weighted by Crippen LogP contribution is 2.42. The van der Waals surface area contributed by atoms with Crippen molar-refractivity contribution in [2.45, 2.75) is 38.8 Å². The van der Waals surface area contributed by atoms with E-state index in [1.807, 2.05) is 50.4 Å². The number of aromatic amines is 1. The number of anilines is 1. The number of nitrogens with one attached hydrogen (secondary N) is 1. The third-order valence-electron chi connectivity index (χ3n) is 7.72. The Morgan fingerprint density at radius 1 is 1.08 bits per heavy atom. The molecule has 1 aliphatic heterocycles. The van der Waals surface area contributed by atoms with Crippen LogP contribution in [0.15, 0.2) is 94.4 Å². The van der Waals surface area contributed by atoms with E-state index in [-0.39, 0.29) is 11.6 Å². The van der Waals surface area contributed by atoms with Gasteiger partial charge >= 0.3 is 0 Å². The fourth-order valence-corrected chi connectivity index (χ4v) is 5.59. The van der Waals surface area contributed by atoms with Crippen LogP contribution in [0.1, 0.15) is 36.1 Å². The molecule has 2 heterocycles. The van der Waals surface area contributed by atoms with Crippen LogP contribution in [-0.2, 0) is 12.0 Å². The number of nitrogen functional groups attached to an aromatic ring is 1. The fraction of sp³-hybridized carbons (Fsp3) is 0.219. The van der Waals surface area contributed by atoms with E-state index in [4.69, 9.17) is 5.73 Å². The van der Waals surface area contributed by atoms with E-state index in [1.54, 1.807) is 6.07 Å². The number of hydrogen-bond acceptors (Lipinski definition) is 5. The summed E-state index contributed by atoms with van der Waals surface area (Å²) in [4.78, 5) is 18.0. The molecule has 0 saturated heterocycles. The standard InChI is InChI=1S/C32H33N5O/c1-6-8-23-9-7-10-24(16-23)27-18-31(38)35-30-14-12-26(17-28(27)30)32(25-11-13-29(33)20(2)15-25)22(4)36-34-19-21(3)37(32)5/h6-7,9-19,21H,1,8,33H2,2-5H3,(H,35,38). The van der Waals surface area contributed by atoms with Crippen molar-refractivity contribution < 1.29 is 0 Å². The SMILES string of the molecule is C=CCc1cccc(-c2cc(=O)[nH]c3ccc(C4(c5ccc(N)c(C)c5)C(C)=NN=CC(C)N4C)cc23)c1. The van der Waals surface area contributed by atoms with Crippen molar-refractivity contribution in [2.24, 2.45) is 10.2 Å². The van der Waals surface area contributed by atoms with Gasteiger partial charge in [-0.05, 0) is 85.8 Å². The molecule has 4 aromatic rings. The molecule has 0 saturated carbocycles. The summed E-state index contributed by atoms with van der Waals surface area (Å²) in [6.07, 6.45) is 4.52. The van der Waals surface area contributed by atoms with Gasteiger partial charge in [-0.2, -0.15) is 10.2 Å². The Morgan fingerprint density at radius 3 is 2.61 bits per heavy atom. The van der Waals surface area contributed by atoms with Crippen LogP contribution in [0.2, 0.25) is 0 Å². The maximum Gasteiger partial charge on any atom is 0.249 e. The number of fused-ring (bicyclic) bond motifs is 1. The number of benzene rings is 3. The summed E-state index contributed by atoms with van der Waals surface area (Å²) >= 11 is 0. The first-order valence-electron chi connectivity index (χ1n) is 12.8. The first-order valence-corrected chi connectivity index (χ1v) is 12.8. The number of pyridine rings is 1. The molecule has 0 spiro atoms. The molecule has 0 aliphatic carbocycles. The fourth-order valence-electron chi connectivity index (χ4n) is 5.59. The molecule has 2 atom stereocenters. The zero-order valence-corrected chi connectivity index (χ0v) is 22.3. The van der Waals surface area contributed by atoms with Crippen molar-refractivity contribution in [1.82, 2.24) is 9.88 Å². The number of H-pyrrole nitrogens is 1. The first kappa shape index (κ1) is 25.4. The van der Waals surface area contributed by atoms with Crippen LogP contribution in [0.4, 0.5) is 5.69 Å². The average Bonchev–Trinajstić information content (AvgIpc) is 3.01. The van der Waals surface area contributed by atoms with E-state index >= 15 is 0 Å². The van der Waals surface area contributed by atoms with Gasteiger partial charge in [-0.3, -0.25) is 9.69 Å². The molecule has 2 unspecified atom stereocenters. The van der Waals surface area contributed by atoms with Gasteiger partial charge in [0, 0.05) is 34.9 Å². The van der Waals surface area contributed by atoms with Crippen molar-refractivity contribution in [3.05, 3.63) is 112 Å². The summed E-state index contributed by atoms with van der Waals surface area (Å²) in [5.74, 6) is 0. The number of nitrogens with two attached hydrogens (primary N) is 1. The lowest BCUT2D eigenvalue weighted by atomic mass is 9.76. The molecule has 6 heteroatoms. The van der Waals surface area contributed by atoms with Gasteiger partial charge in [0.05, 0.1) is 5.71 Å². The highest BCUT2D eigenvalue weighted by atomic mass is 16.1. The van der Waals surface area contributed by atoms with E-state index in [9.17, 15) is 4.79 Å². The minimum atomic E-state index is -0.708. The third-order valence-corrected chi connectivity index (χ3v) is 7.72. The molecule has 5 rings (SSSR count). The van der Waals surface area contributed by atoms with Crippen LogP contribution >= 0.6 is 0 Å². The lowest BCUT2D eigenvalue weighted by Crippen LogP contribution is -2.53. The molecule has 3 N–H and O–H groups in total. The molecule has 0 fully saturated rings. The normalized spacial score (nSPS) is 19.8. The van der Waals surface area contributed by atoms with Gasteiger partial charge in [0.2, 0.25) is 5.56 Å². The number of allylic oxidation sites excluding steroid dienone is 1. The van der Waals surface area contributed by atoms with Gasteiger partial charge < -0.3 is 10.7 Å². The molecule has 192 valence electrons. The van der Waals surface area contributed by atoms with Gasteiger partial charge in [0.25, 0.3) is 0 Å². The number of rotatable bonds is 5. The van der Waals surface area contributed by atoms with Crippen molar-refractivity contribution >= 4 is 28.5 Å². The Kier molecular flexibility index (Phi) is 6.59. The van der Waals surface area contributed by atoms with Gasteiger partial charge in [-0.25, -0.2) is 0 Å². The second-order valence-corrected chi connectivity index (χ2v) is 10.1. The predicted molar refractivity (Wildman–Crippen MR) is 159 cm³/mol. The van der Waals surface area contributed by atoms with Gasteiger partial charge in [0.1, 0.15) is 5.54 Å². The summed E-state index contributed by atoms with van der Waals surface area (Å²) in [5.41, 5.74) is 13.9. The molecule has 6 nitrogen and oxygen atoms in total. The lowest BCUT2D eigenvalue weighted by Gasteiger charge is -2.44. The van der Waals surface area contributed by atoms with Crippen molar-refractivity contribution in [2.75, 3.05) is 12.8 Å². The smallest absolute Gasteiger partial charge is 0.249 e. The predicted octanol–water partition coefficient (Wildman–Crippen LogP) is 5.84. The molecular weight excluding hydrogens is 470 g/mol. The average molecular weight is 504 g/mol. The lowest BCUT2D eigenvalue weighted by molar-refractivity contribution is 0.210. The molecule has 0 bridgehead atoms. The first-order chi connectivity index (χ1) is 18.2. The Balaban J connectivity index is 1.83. The van der Waals surface area contributed by atoms with E-state index in [2.05, 4.69) is 77.0 Å². The van der Waals surface area contributed by atoms with E-state index in [0.717, 1.165) is 62.1 Å². The molecule has 38 heavy (non-hydrogen) atoms.